The van der Waals surface area contributed by atoms with Gasteiger partial charge in [0.1, 0.15) is 0 Å². The Morgan fingerprint density at radius 3 is 2.67 bits per heavy atom. The molecular weight excluding hydrogens is 304 g/mol. The molecule has 2 nitrogen and oxygen atoms in total. The molecule has 0 aliphatic carbocycles. The Morgan fingerprint density at radius 2 is 2.07 bits per heavy atom. The first-order valence-corrected chi connectivity index (χ1v) is 7.89. The molecule has 0 aliphatic rings. The Labute approximate surface area is 101 Å². The molecule has 0 saturated carbocycles. The Morgan fingerprint density at radius 1 is 1.40 bits per heavy atom. The van der Waals surface area contributed by atoms with Crippen LogP contribution in [0.2, 0.25) is 4.47 Å². The second-order valence-corrected chi connectivity index (χ2v) is 6.40. The van der Waals surface area contributed by atoms with E-state index in [0.717, 1.165) is 4.47 Å². The van der Waals surface area contributed by atoms with Crippen LogP contribution in [-0.2, 0) is 9.53 Å². The average Bonchev–Trinajstić information content (AvgIpc) is 2.27. The number of esters is 1. The van der Waals surface area contributed by atoms with E-state index in [1.165, 1.54) is 3.61 Å². The van der Waals surface area contributed by atoms with Crippen molar-refractivity contribution in [2.24, 2.45) is 5.92 Å². The van der Waals surface area contributed by atoms with Gasteiger partial charge in [-0.1, -0.05) is 0 Å². The Bertz CT molecular complexity index is 298. The van der Waals surface area contributed by atoms with Crippen molar-refractivity contribution in [2.75, 3.05) is 6.61 Å². The van der Waals surface area contributed by atoms with Gasteiger partial charge in [0.05, 0.1) is 0 Å². The van der Waals surface area contributed by atoms with Crippen LogP contribution in [0, 0.1) is 5.92 Å². The minimum absolute atomic E-state index is 0.0487. The Kier molecular flexibility index (Phi) is 5.75. The van der Waals surface area contributed by atoms with E-state index in [1.54, 1.807) is 0 Å². The van der Waals surface area contributed by atoms with Crippen molar-refractivity contribution in [3.63, 3.8) is 0 Å². The van der Waals surface area contributed by atoms with Crippen LogP contribution in [0.5, 0.6) is 0 Å². The van der Waals surface area contributed by atoms with E-state index >= 15 is 0 Å². The van der Waals surface area contributed by atoms with Gasteiger partial charge in [-0.15, -0.1) is 0 Å². The molecule has 3 heteroatoms. The molecule has 0 spiro atoms. The van der Waals surface area contributed by atoms with Crippen LogP contribution in [0.4, 0.5) is 0 Å². The molecule has 1 atom stereocenters. The third-order valence-electron chi connectivity index (χ3n) is 1.93. The quantitative estimate of drug-likeness (QED) is 0.609. The van der Waals surface area contributed by atoms with Crippen molar-refractivity contribution >= 4 is 30.5 Å². The first-order valence-electron chi connectivity index (χ1n) is 5.08. The van der Waals surface area contributed by atoms with E-state index < -0.39 is 0 Å². The third kappa shape index (κ3) is 4.68. The predicted octanol–water partition coefficient (Wildman–Crippen LogP) is 1.63. The number of ether oxygens (including phenoxy) is 1. The fourth-order valence-electron chi connectivity index (χ4n) is 1.09. The van der Waals surface area contributed by atoms with Crippen molar-refractivity contribution < 1.29 is 9.53 Å². The number of hydrogen-bond acceptors (Lipinski definition) is 2. The molecule has 82 valence electrons. The summed E-state index contributed by atoms with van der Waals surface area (Å²) < 4.78 is 7.36. The Balaban J connectivity index is 2.34. The summed E-state index contributed by atoms with van der Waals surface area (Å²) in [6.07, 6.45) is 0. The normalized spacial score (nSPS) is 12.1. The van der Waals surface area contributed by atoms with Gasteiger partial charge >= 0.3 is 101 Å². The zero-order valence-electron chi connectivity index (χ0n) is 9.10. The van der Waals surface area contributed by atoms with Crippen molar-refractivity contribution in [1.29, 1.82) is 0 Å². The zero-order chi connectivity index (χ0) is 11.1. The molecule has 1 rings (SSSR count). The topological polar surface area (TPSA) is 26.3 Å². The van der Waals surface area contributed by atoms with E-state index in [4.69, 9.17) is 4.74 Å². The third-order valence-corrected chi connectivity index (χ3v) is 5.56. The van der Waals surface area contributed by atoms with Crippen molar-refractivity contribution in [3.05, 3.63) is 30.3 Å². The van der Waals surface area contributed by atoms with Gasteiger partial charge in [0.25, 0.3) is 0 Å². The van der Waals surface area contributed by atoms with E-state index in [2.05, 4.69) is 24.3 Å². The van der Waals surface area contributed by atoms with E-state index in [1.807, 2.05) is 19.9 Å². The fourth-order valence-corrected chi connectivity index (χ4v) is 3.74. The van der Waals surface area contributed by atoms with Crippen LogP contribution in [0.15, 0.2) is 30.3 Å². The van der Waals surface area contributed by atoms with Crippen LogP contribution in [0.25, 0.3) is 0 Å². The summed E-state index contributed by atoms with van der Waals surface area (Å²) in [4.78, 5) is 11.4. The molecule has 0 fully saturated rings. The van der Waals surface area contributed by atoms with Gasteiger partial charge in [0.2, 0.25) is 0 Å². The van der Waals surface area contributed by atoms with Crippen molar-refractivity contribution in [2.45, 2.75) is 18.3 Å². The zero-order valence-corrected chi connectivity index (χ0v) is 11.4. The van der Waals surface area contributed by atoms with Gasteiger partial charge in [-0.25, -0.2) is 0 Å². The molecular formula is C12H16O2Te. The van der Waals surface area contributed by atoms with Crippen LogP contribution < -0.4 is 3.61 Å². The van der Waals surface area contributed by atoms with E-state index in [-0.39, 0.29) is 32.8 Å². The van der Waals surface area contributed by atoms with Gasteiger partial charge in [0, 0.05) is 0 Å². The van der Waals surface area contributed by atoms with Gasteiger partial charge < -0.3 is 0 Å². The monoisotopic (exact) mass is 322 g/mol. The van der Waals surface area contributed by atoms with Gasteiger partial charge in [0.15, 0.2) is 0 Å². The molecule has 0 amide bonds. The summed E-state index contributed by atoms with van der Waals surface area (Å²) in [6, 6.07) is 10.4. The van der Waals surface area contributed by atoms with Gasteiger partial charge in [-0.2, -0.15) is 0 Å². The van der Waals surface area contributed by atoms with Gasteiger partial charge in [-0.05, 0) is 0 Å². The molecule has 15 heavy (non-hydrogen) atoms. The molecule has 0 bridgehead atoms. The summed E-state index contributed by atoms with van der Waals surface area (Å²) >= 11 is -0.239. The summed E-state index contributed by atoms with van der Waals surface area (Å²) in [6.45, 7) is 4.28. The van der Waals surface area contributed by atoms with Crippen molar-refractivity contribution in [3.8, 4) is 0 Å². The summed E-state index contributed by atoms with van der Waals surface area (Å²) in [5, 5.41) is 0. The first-order chi connectivity index (χ1) is 7.24. The standard InChI is InChI=1S/C12H16O2Te/c1-3-14-12(13)10(2)9-15-11-7-5-4-6-8-11/h4-8,10H,3,9H2,1-2H3. The maximum atomic E-state index is 11.4. The average molecular weight is 320 g/mol. The van der Waals surface area contributed by atoms with Crippen LogP contribution in [-0.4, -0.2) is 33.5 Å². The molecule has 0 saturated heterocycles. The molecule has 0 aromatic heterocycles. The van der Waals surface area contributed by atoms with Crippen LogP contribution in [0.3, 0.4) is 0 Å². The number of benzene rings is 1. The molecule has 1 unspecified atom stereocenters. The number of hydrogen-bond donors (Lipinski definition) is 0. The number of rotatable bonds is 5. The van der Waals surface area contributed by atoms with Crippen molar-refractivity contribution in [1.82, 2.24) is 0 Å². The number of carbonyl (C=O) groups excluding carboxylic acids is 1. The first kappa shape index (κ1) is 12.5. The minimum atomic E-state index is -0.239. The van der Waals surface area contributed by atoms with E-state index in [0.29, 0.717) is 6.61 Å². The molecule has 0 aliphatic heterocycles. The maximum absolute atomic E-state index is 11.4. The van der Waals surface area contributed by atoms with Gasteiger partial charge in [-0.3, -0.25) is 0 Å². The Hall–Kier alpha value is -0.520. The molecule has 0 N–H and O–H groups in total. The molecule has 0 radical (unpaired) electrons. The summed E-state index contributed by atoms with van der Waals surface area (Å²) in [5.74, 6) is -0.00825. The second-order valence-electron chi connectivity index (χ2n) is 3.28. The van der Waals surface area contributed by atoms with E-state index in [9.17, 15) is 4.79 Å². The molecule has 0 heterocycles. The SMILES string of the molecule is CCOC(=O)C(C)C[Te]c1ccccc1. The molecule has 1 aromatic rings. The second kappa shape index (κ2) is 6.87. The molecule has 1 aromatic carbocycles. The predicted molar refractivity (Wildman–Crippen MR) is 62.4 cm³/mol. The van der Waals surface area contributed by atoms with Crippen LogP contribution >= 0.6 is 0 Å². The fraction of sp³-hybridized carbons (Fsp3) is 0.417. The summed E-state index contributed by atoms with van der Waals surface area (Å²) in [7, 11) is 0. The summed E-state index contributed by atoms with van der Waals surface area (Å²) in [5.41, 5.74) is 0. The number of carbonyl (C=O) groups is 1. The van der Waals surface area contributed by atoms with Crippen LogP contribution in [0.1, 0.15) is 13.8 Å².